The standard InChI is InChI=1S/C16H26N2/c1-13-5-4-6-16(12-13)17-8-10-18-9-7-14(2)11-15(18)3/h4-6,12,14-15,17H,7-11H2,1-3H3. The average Bonchev–Trinajstić information content (AvgIpc) is 2.32. The van der Waals surface area contributed by atoms with Gasteiger partial charge in [-0.1, -0.05) is 19.1 Å². The molecule has 0 amide bonds. The van der Waals surface area contributed by atoms with Crippen molar-refractivity contribution >= 4 is 5.69 Å². The molecule has 0 bridgehead atoms. The molecule has 1 N–H and O–H groups in total. The maximum atomic E-state index is 3.52. The maximum Gasteiger partial charge on any atom is 0.0343 e. The van der Waals surface area contributed by atoms with Crippen LogP contribution in [0.4, 0.5) is 5.69 Å². The van der Waals surface area contributed by atoms with E-state index in [1.54, 1.807) is 0 Å². The number of nitrogens with zero attached hydrogens (tertiary/aromatic N) is 1. The fourth-order valence-electron chi connectivity index (χ4n) is 2.89. The SMILES string of the molecule is Cc1cccc(NCCN2CCC(C)CC2C)c1. The van der Waals surface area contributed by atoms with Crippen molar-refractivity contribution in [1.82, 2.24) is 4.90 Å². The first-order valence-corrected chi connectivity index (χ1v) is 7.20. The first kappa shape index (κ1) is 13.4. The molecule has 2 rings (SSSR count). The lowest BCUT2D eigenvalue weighted by Gasteiger charge is -2.36. The minimum absolute atomic E-state index is 0.744. The molecule has 1 aliphatic rings. The molecule has 2 nitrogen and oxygen atoms in total. The van der Waals surface area contributed by atoms with Crippen LogP contribution in [0.3, 0.4) is 0 Å². The van der Waals surface area contributed by atoms with Crippen molar-refractivity contribution in [2.24, 2.45) is 5.92 Å². The van der Waals surface area contributed by atoms with E-state index < -0.39 is 0 Å². The molecule has 0 spiro atoms. The van der Waals surface area contributed by atoms with Crippen molar-refractivity contribution in [3.8, 4) is 0 Å². The molecule has 0 aromatic heterocycles. The molecule has 0 aliphatic carbocycles. The van der Waals surface area contributed by atoms with E-state index in [0.717, 1.165) is 25.0 Å². The van der Waals surface area contributed by atoms with Gasteiger partial charge in [-0.05, 0) is 56.8 Å². The van der Waals surface area contributed by atoms with Gasteiger partial charge in [-0.25, -0.2) is 0 Å². The van der Waals surface area contributed by atoms with Gasteiger partial charge in [-0.3, -0.25) is 4.90 Å². The van der Waals surface area contributed by atoms with E-state index in [0.29, 0.717) is 0 Å². The molecule has 0 saturated carbocycles. The van der Waals surface area contributed by atoms with Gasteiger partial charge in [0.05, 0.1) is 0 Å². The smallest absolute Gasteiger partial charge is 0.0343 e. The number of piperidine rings is 1. The van der Waals surface area contributed by atoms with Crippen molar-refractivity contribution < 1.29 is 0 Å². The normalized spacial score (nSPS) is 25.1. The minimum Gasteiger partial charge on any atom is -0.384 e. The van der Waals surface area contributed by atoms with Crippen molar-refractivity contribution in [3.63, 3.8) is 0 Å². The maximum absolute atomic E-state index is 3.52. The van der Waals surface area contributed by atoms with E-state index in [9.17, 15) is 0 Å². The second kappa shape index (κ2) is 6.24. The summed E-state index contributed by atoms with van der Waals surface area (Å²) in [7, 11) is 0. The molecular weight excluding hydrogens is 220 g/mol. The molecule has 2 atom stereocenters. The van der Waals surface area contributed by atoms with E-state index in [2.05, 4.69) is 55.3 Å². The summed E-state index contributed by atoms with van der Waals surface area (Å²) in [5.41, 5.74) is 2.56. The van der Waals surface area contributed by atoms with Crippen LogP contribution in [0.2, 0.25) is 0 Å². The molecule has 2 heteroatoms. The van der Waals surface area contributed by atoms with Crippen molar-refractivity contribution in [1.29, 1.82) is 0 Å². The first-order valence-electron chi connectivity index (χ1n) is 7.20. The van der Waals surface area contributed by atoms with Crippen LogP contribution in [0.25, 0.3) is 0 Å². The van der Waals surface area contributed by atoms with E-state index >= 15 is 0 Å². The predicted molar refractivity (Wildman–Crippen MR) is 79.1 cm³/mol. The fraction of sp³-hybridized carbons (Fsp3) is 0.625. The molecule has 18 heavy (non-hydrogen) atoms. The summed E-state index contributed by atoms with van der Waals surface area (Å²) in [6, 6.07) is 9.35. The Hall–Kier alpha value is -1.02. The Morgan fingerprint density at radius 3 is 2.89 bits per heavy atom. The highest BCUT2D eigenvalue weighted by atomic mass is 15.2. The highest BCUT2D eigenvalue weighted by molar-refractivity contribution is 5.45. The Kier molecular flexibility index (Phi) is 4.65. The van der Waals surface area contributed by atoms with Gasteiger partial charge in [0.2, 0.25) is 0 Å². The number of likely N-dealkylation sites (tertiary alicyclic amines) is 1. The third kappa shape index (κ3) is 3.74. The summed E-state index contributed by atoms with van der Waals surface area (Å²) in [6.45, 7) is 10.3. The molecule has 0 radical (unpaired) electrons. The van der Waals surface area contributed by atoms with Crippen LogP contribution in [-0.2, 0) is 0 Å². The molecule has 100 valence electrons. The highest BCUT2D eigenvalue weighted by Gasteiger charge is 2.21. The number of rotatable bonds is 4. The molecular formula is C16H26N2. The second-order valence-corrected chi connectivity index (χ2v) is 5.81. The summed E-state index contributed by atoms with van der Waals surface area (Å²) in [5, 5.41) is 3.52. The molecule has 1 aliphatic heterocycles. The predicted octanol–water partition coefficient (Wildman–Crippen LogP) is 3.53. The van der Waals surface area contributed by atoms with Crippen LogP contribution in [0.5, 0.6) is 0 Å². The second-order valence-electron chi connectivity index (χ2n) is 5.81. The number of hydrogen-bond acceptors (Lipinski definition) is 2. The monoisotopic (exact) mass is 246 g/mol. The van der Waals surface area contributed by atoms with Gasteiger partial charge in [0.25, 0.3) is 0 Å². The zero-order valence-corrected chi connectivity index (χ0v) is 11.9. The largest absolute Gasteiger partial charge is 0.384 e. The summed E-state index contributed by atoms with van der Waals surface area (Å²) >= 11 is 0. The Balaban J connectivity index is 1.75. The van der Waals surface area contributed by atoms with Crippen molar-refractivity contribution in [3.05, 3.63) is 29.8 Å². The summed E-state index contributed by atoms with van der Waals surface area (Å²) in [6.07, 6.45) is 2.71. The van der Waals surface area contributed by atoms with Crippen molar-refractivity contribution in [2.45, 2.75) is 39.7 Å². The van der Waals surface area contributed by atoms with E-state index in [-0.39, 0.29) is 0 Å². The molecule has 1 fully saturated rings. The van der Waals surface area contributed by atoms with Gasteiger partial charge in [-0.2, -0.15) is 0 Å². The number of hydrogen-bond donors (Lipinski definition) is 1. The Labute approximate surface area is 111 Å². The molecule has 1 aromatic rings. The Morgan fingerprint density at radius 1 is 1.33 bits per heavy atom. The topological polar surface area (TPSA) is 15.3 Å². The summed E-state index contributed by atoms with van der Waals surface area (Å²) < 4.78 is 0. The fourth-order valence-corrected chi connectivity index (χ4v) is 2.89. The van der Waals surface area contributed by atoms with Crippen LogP contribution >= 0.6 is 0 Å². The van der Waals surface area contributed by atoms with Crippen LogP contribution < -0.4 is 5.32 Å². The van der Waals surface area contributed by atoms with Gasteiger partial charge in [-0.15, -0.1) is 0 Å². The lowest BCUT2D eigenvalue weighted by molar-refractivity contribution is 0.135. The third-order valence-corrected chi connectivity index (χ3v) is 4.02. The molecule has 2 unspecified atom stereocenters. The van der Waals surface area contributed by atoms with Crippen molar-refractivity contribution in [2.75, 3.05) is 25.0 Å². The number of nitrogens with one attached hydrogen (secondary N) is 1. The minimum atomic E-state index is 0.744. The van der Waals surface area contributed by atoms with Gasteiger partial charge in [0, 0.05) is 24.8 Å². The summed E-state index contributed by atoms with van der Waals surface area (Å²) in [4.78, 5) is 2.61. The quantitative estimate of drug-likeness (QED) is 0.874. The Morgan fingerprint density at radius 2 is 2.17 bits per heavy atom. The molecule has 1 saturated heterocycles. The number of anilines is 1. The van der Waals surface area contributed by atoms with Gasteiger partial charge in [0.1, 0.15) is 0 Å². The van der Waals surface area contributed by atoms with Gasteiger partial charge in [0.15, 0.2) is 0 Å². The Bertz CT molecular complexity index is 375. The molecule has 1 heterocycles. The van der Waals surface area contributed by atoms with Crippen LogP contribution in [-0.4, -0.2) is 30.6 Å². The lowest BCUT2D eigenvalue weighted by Crippen LogP contribution is -2.42. The van der Waals surface area contributed by atoms with Gasteiger partial charge < -0.3 is 5.32 Å². The zero-order valence-electron chi connectivity index (χ0n) is 11.9. The van der Waals surface area contributed by atoms with E-state index in [4.69, 9.17) is 0 Å². The highest BCUT2D eigenvalue weighted by Crippen LogP contribution is 2.21. The van der Waals surface area contributed by atoms with Crippen LogP contribution in [0.15, 0.2) is 24.3 Å². The number of aryl methyl sites for hydroxylation is 1. The van der Waals surface area contributed by atoms with E-state index in [1.807, 2.05) is 0 Å². The summed E-state index contributed by atoms with van der Waals surface area (Å²) in [5.74, 6) is 0.904. The molecule has 1 aromatic carbocycles. The zero-order chi connectivity index (χ0) is 13.0. The first-order chi connectivity index (χ1) is 8.65. The van der Waals surface area contributed by atoms with Crippen LogP contribution in [0, 0.1) is 12.8 Å². The van der Waals surface area contributed by atoms with Crippen LogP contribution in [0.1, 0.15) is 32.3 Å². The van der Waals surface area contributed by atoms with E-state index in [1.165, 1.54) is 30.6 Å². The van der Waals surface area contributed by atoms with Gasteiger partial charge >= 0.3 is 0 Å². The number of benzene rings is 1. The average molecular weight is 246 g/mol. The lowest BCUT2D eigenvalue weighted by atomic mass is 9.93. The third-order valence-electron chi connectivity index (χ3n) is 4.02.